The fraction of sp³-hybridized carbons (Fsp3) is 0.611. The highest BCUT2D eigenvalue weighted by molar-refractivity contribution is 5.90. The van der Waals surface area contributed by atoms with Crippen LogP contribution in [-0.4, -0.2) is 52.2 Å². The van der Waals surface area contributed by atoms with Crippen molar-refractivity contribution >= 4 is 17.6 Å². The Labute approximate surface area is 262 Å². The minimum Gasteiger partial charge on any atom is -0.481 e. The van der Waals surface area contributed by atoms with Crippen molar-refractivity contribution in [3.05, 3.63) is 65.2 Å². The number of benzene rings is 2. The Bertz CT molecular complexity index is 1280. The molecule has 0 spiro atoms. The quantitative estimate of drug-likeness (QED) is 0.211. The molecule has 8 heteroatoms. The minimum absolute atomic E-state index is 0.00879. The van der Waals surface area contributed by atoms with Crippen molar-refractivity contribution in [1.29, 1.82) is 0 Å². The maximum atomic E-state index is 12.6. The van der Waals surface area contributed by atoms with Crippen LogP contribution in [0.5, 0.6) is 0 Å². The van der Waals surface area contributed by atoms with E-state index in [1.54, 1.807) is 0 Å². The summed E-state index contributed by atoms with van der Waals surface area (Å²) >= 11 is 0. The van der Waals surface area contributed by atoms with Gasteiger partial charge in [0, 0.05) is 49.6 Å². The standard InChI is InChI=1S/C36H50N2O6/c1-35(2)19-29-20-36(3,23-35)24-38(29)21-30-18-31(26-15-13-25(22-39)14-16-26)44-34(43-30)27-9-8-10-28(17-27)37-32(40)11-6-4-5-7-12-33(41)42/h8-10,13-17,29-31,34,39H,4-7,11-12,18-24H2,1-3H3,(H,37,40)(H,41,42)/t29?,30-,31+,34+,36?/m1/s1. The molecule has 2 aliphatic heterocycles. The molecule has 0 aromatic heterocycles. The van der Waals surface area contributed by atoms with E-state index in [-0.39, 0.29) is 31.1 Å². The predicted octanol–water partition coefficient (Wildman–Crippen LogP) is 6.99. The molecular formula is C36H50N2O6. The summed E-state index contributed by atoms with van der Waals surface area (Å²) in [5, 5.41) is 21.3. The van der Waals surface area contributed by atoms with Crippen molar-refractivity contribution in [3.63, 3.8) is 0 Å². The summed E-state index contributed by atoms with van der Waals surface area (Å²) in [6, 6.07) is 16.3. The van der Waals surface area contributed by atoms with Crippen molar-refractivity contribution in [2.45, 2.75) is 116 Å². The van der Waals surface area contributed by atoms with Crippen LogP contribution in [0.3, 0.4) is 0 Å². The Morgan fingerprint density at radius 1 is 0.955 bits per heavy atom. The number of nitrogens with one attached hydrogen (secondary N) is 1. The zero-order valence-corrected chi connectivity index (χ0v) is 26.6. The monoisotopic (exact) mass is 606 g/mol. The summed E-state index contributed by atoms with van der Waals surface area (Å²) in [6.45, 7) is 9.23. The molecule has 1 saturated carbocycles. The van der Waals surface area contributed by atoms with Crippen LogP contribution in [0.1, 0.15) is 114 Å². The van der Waals surface area contributed by atoms with Gasteiger partial charge in [0.15, 0.2) is 6.29 Å². The molecule has 0 radical (unpaired) electrons. The Hall–Kier alpha value is -2.78. The van der Waals surface area contributed by atoms with Gasteiger partial charge in [0.05, 0.1) is 18.8 Å². The molecule has 2 bridgehead atoms. The summed E-state index contributed by atoms with van der Waals surface area (Å²) in [5.74, 6) is -0.829. The molecule has 8 nitrogen and oxygen atoms in total. The largest absolute Gasteiger partial charge is 0.481 e. The number of aliphatic carboxylic acids is 1. The Morgan fingerprint density at radius 2 is 1.70 bits per heavy atom. The summed E-state index contributed by atoms with van der Waals surface area (Å²) in [7, 11) is 0. The number of amides is 1. The second-order valence-corrected chi connectivity index (χ2v) is 14.5. The van der Waals surface area contributed by atoms with Crippen molar-refractivity contribution in [3.8, 4) is 0 Å². The van der Waals surface area contributed by atoms with Gasteiger partial charge in [0.2, 0.25) is 5.91 Å². The Balaban J connectivity index is 1.26. The number of likely N-dealkylation sites (tertiary alicyclic amines) is 1. The van der Waals surface area contributed by atoms with Crippen LogP contribution in [0, 0.1) is 10.8 Å². The first-order chi connectivity index (χ1) is 21.0. The van der Waals surface area contributed by atoms with Gasteiger partial charge in [0.25, 0.3) is 0 Å². The van der Waals surface area contributed by atoms with E-state index in [9.17, 15) is 14.7 Å². The van der Waals surface area contributed by atoms with Gasteiger partial charge in [0.1, 0.15) is 0 Å². The average Bonchev–Trinajstić information content (AvgIpc) is 3.21. The highest BCUT2D eigenvalue weighted by atomic mass is 16.7. The van der Waals surface area contributed by atoms with Crippen LogP contribution in [0.25, 0.3) is 0 Å². The van der Waals surface area contributed by atoms with Crippen LogP contribution in [0.4, 0.5) is 5.69 Å². The lowest BCUT2D eigenvalue weighted by atomic mass is 9.65. The maximum absolute atomic E-state index is 12.6. The zero-order chi connectivity index (χ0) is 31.3. The Morgan fingerprint density at radius 3 is 2.43 bits per heavy atom. The molecule has 3 aliphatic rings. The van der Waals surface area contributed by atoms with E-state index >= 15 is 0 Å². The van der Waals surface area contributed by atoms with Gasteiger partial charge >= 0.3 is 5.97 Å². The smallest absolute Gasteiger partial charge is 0.303 e. The maximum Gasteiger partial charge on any atom is 0.303 e. The molecule has 2 heterocycles. The lowest BCUT2D eigenvalue weighted by molar-refractivity contribution is -0.253. The van der Waals surface area contributed by atoms with Gasteiger partial charge < -0.3 is 25.0 Å². The van der Waals surface area contributed by atoms with Gasteiger partial charge in [-0.1, -0.05) is 70.0 Å². The molecule has 1 amide bonds. The number of hydrogen-bond acceptors (Lipinski definition) is 6. The summed E-state index contributed by atoms with van der Waals surface area (Å²) in [5.41, 5.74) is 4.22. The van der Waals surface area contributed by atoms with Gasteiger partial charge in [-0.25, -0.2) is 0 Å². The van der Waals surface area contributed by atoms with Gasteiger partial charge in [-0.05, 0) is 66.2 Å². The normalized spacial score (nSPS) is 28.1. The second kappa shape index (κ2) is 14.1. The minimum atomic E-state index is -0.775. The zero-order valence-electron chi connectivity index (χ0n) is 26.6. The number of carboxylic acid groups (broad SMARTS) is 1. The molecule has 2 aromatic carbocycles. The molecule has 3 fully saturated rings. The first kappa shape index (κ1) is 32.6. The van der Waals surface area contributed by atoms with Gasteiger partial charge in [-0.3, -0.25) is 14.5 Å². The third kappa shape index (κ3) is 8.68. The molecule has 1 aliphatic carbocycles. The SMILES string of the molecule is CC1(C)CC2CC(C)(CN2C[C@H]2C[C@@H](c3ccc(CO)cc3)O[C@@H](c3cccc(NC(=O)CCCCCCC(=O)O)c3)O2)C1. The van der Waals surface area contributed by atoms with Gasteiger partial charge in [-0.2, -0.15) is 0 Å². The number of carboxylic acids is 1. The third-order valence-corrected chi connectivity index (χ3v) is 9.56. The fourth-order valence-electron chi connectivity index (χ4n) is 7.99. The summed E-state index contributed by atoms with van der Waals surface area (Å²) in [6.07, 6.45) is 7.32. The molecule has 240 valence electrons. The number of aliphatic hydroxyl groups excluding tert-OH is 1. The van der Waals surface area contributed by atoms with Crippen molar-refractivity contribution in [2.24, 2.45) is 10.8 Å². The van der Waals surface area contributed by atoms with Crippen LogP contribution in [-0.2, 0) is 25.7 Å². The number of carbonyl (C=O) groups excluding carboxylic acids is 1. The average molecular weight is 607 g/mol. The molecule has 2 saturated heterocycles. The van der Waals surface area contributed by atoms with E-state index in [0.717, 1.165) is 55.5 Å². The number of carbonyl (C=O) groups is 2. The lowest BCUT2D eigenvalue weighted by Gasteiger charge is -2.41. The highest BCUT2D eigenvalue weighted by Gasteiger charge is 2.50. The van der Waals surface area contributed by atoms with E-state index in [4.69, 9.17) is 14.6 Å². The first-order valence-electron chi connectivity index (χ1n) is 16.4. The number of anilines is 1. The van der Waals surface area contributed by atoms with Crippen LogP contribution >= 0.6 is 0 Å². The third-order valence-electron chi connectivity index (χ3n) is 9.56. The second-order valence-electron chi connectivity index (χ2n) is 14.5. The van der Waals surface area contributed by atoms with Crippen molar-refractivity contribution in [2.75, 3.05) is 18.4 Å². The van der Waals surface area contributed by atoms with Crippen molar-refractivity contribution < 1.29 is 29.3 Å². The number of hydrogen-bond donors (Lipinski definition) is 3. The Kier molecular flexibility index (Phi) is 10.5. The number of fused-ring (bicyclic) bond motifs is 2. The van der Waals surface area contributed by atoms with E-state index in [1.165, 1.54) is 19.3 Å². The lowest BCUT2D eigenvalue weighted by Crippen LogP contribution is -2.42. The molecular weight excluding hydrogens is 556 g/mol. The predicted molar refractivity (Wildman–Crippen MR) is 170 cm³/mol. The highest BCUT2D eigenvalue weighted by Crippen LogP contribution is 2.53. The summed E-state index contributed by atoms with van der Waals surface area (Å²) < 4.78 is 13.3. The van der Waals surface area contributed by atoms with E-state index < -0.39 is 12.3 Å². The van der Waals surface area contributed by atoms with E-state index in [1.807, 2.05) is 48.5 Å². The number of unbranched alkanes of at least 4 members (excludes halogenated alkanes) is 3. The number of nitrogens with zero attached hydrogens (tertiary/aromatic N) is 1. The van der Waals surface area contributed by atoms with E-state index in [0.29, 0.717) is 35.4 Å². The van der Waals surface area contributed by atoms with Crippen molar-refractivity contribution in [1.82, 2.24) is 4.90 Å². The van der Waals surface area contributed by atoms with E-state index in [2.05, 4.69) is 31.0 Å². The van der Waals surface area contributed by atoms with Crippen LogP contribution < -0.4 is 5.32 Å². The molecule has 2 unspecified atom stereocenters. The number of rotatable bonds is 13. The molecule has 5 rings (SSSR count). The fourth-order valence-corrected chi connectivity index (χ4v) is 7.99. The van der Waals surface area contributed by atoms with Gasteiger partial charge in [-0.15, -0.1) is 0 Å². The number of ether oxygens (including phenoxy) is 2. The van der Waals surface area contributed by atoms with Crippen LogP contribution in [0.15, 0.2) is 48.5 Å². The number of aliphatic hydroxyl groups is 1. The van der Waals surface area contributed by atoms with Crippen LogP contribution in [0.2, 0.25) is 0 Å². The topological polar surface area (TPSA) is 108 Å². The summed E-state index contributed by atoms with van der Waals surface area (Å²) in [4.78, 5) is 26.0. The first-order valence-corrected chi connectivity index (χ1v) is 16.4. The molecule has 44 heavy (non-hydrogen) atoms. The molecule has 5 atom stereocenters. The molecule has 2 aromatic rings. The molecule has 3 N–H and O–H groups in total.